The van der Waals surface area contributed by atoms with Crippen molar-refractivity contribution in [3.63, 3.8) is 0 Å². The molecule has 0 fully saturated rings. The van der Waals surface area contributed by atoms with Gasteiger partial charge in [0.25, 0.3) is 0 Å². The molecular formula is C21H23F4NO3. The second-order valence-corrected chi connectivity index (χ2v) is 6.51. The zero-order valence-electron chi connectivity index (χ0n) is 16.2. The van der Waals surface area contributed by atoms with Crippen LogP contribution in [0.2, 0.25) is 0 Å². The van der Waals surface area contributed by atoms with Crippen LogP contribution in [0.3, 0.4) is 0 Å². The first-order valence-corrected chi connectivity index (χ1v) is 9.12. The number of hydrogen-bond donors (Lipinski definition) is 0. The Morgan fingerprint density at radius 3 is 2.24 bits per heavy atom. The van der Waals surface area contributed by atoms with Crippen LogP contribution in [0.5, 0.6) is 5.75 Å². The van der Waals surface area contributed by atoms with Gasteiger partial charge in [-0.25, -0.2) is 4.39 Å². The van der Waals surface area contributed by atoms with E-state index in [0.717, 1.165) is 12.1 Å². The number of carbonyl (C=O) groups is 1. The molecule has 0 amide bonds. The summed E-state index contributed by atoms with van der Waals surface area (Å²) in [5.41, 5.74) is -0.0896. The SMILES string of the molecule is CCOC(=O)CN(C)CCC(Oc1ccc(C(F)(F)F)cc1)c1ccc(F)cc1. The van der Waals surface area contributed by atoms with Gasteiger partial charge in [0.15, 0.2) is 0 Å². The molecule has 0 saturated carbocycles. The van der Waals surface area contributed by atoms with Crippen LogP contribution in [-0.2, 0) is 15.7 Å². The Kier molecular flexibility index (Phi) is 8.01. The van der Waals surface area contributed by atoms with Crippen LogP contribution in [0.15, 0.2) is 48.5 Å². The van der Waals surface area contributed by atoms with Crippen LogP contribution in [0, 0.1) is 5.82 Å². The van der Waals surface area contributed by atoms with E-state index < -0.39 is 23.7 Å². The molecule has 8 heteroatoms. The minimum atomic E-state index is -4.43. The second kappa shape index (κ2) is 10.2. The zero-order chi connectivity index (χ0) is 21.4. The molecule has 2 rings (SSSR count). The van der Waals surface area contributed by atoms with E-state index in [2.05, 4.69) is 0 Å². The molecule has 0 spiro atoms. The smallest absolute Gasteiger partial charge is 0.416 e. The fourth-order valence-electron chi connectivity index (χ4n) is 2.70. The average Bonchev–Trinajstić information content (AvgIpc) is 2.65. The van der Waals surface area contributed by atoms with Crippen LogP contribution in [-0.4, -0.2) is 37.6 Å². The summed E-state index contributed by atoms with van der Waals surface area (Å²) in [4.78, 5) is 13.3. The molecule has 158 valence electrons. The van der Waals surface area contributed by atoms with E-state index in [0.29, 0.717) is 25.1 Å². The Hall–Kier alpha value is -2.61. The Labute approximate surface area is 167 Å². The van der Waals surface area contributed by atoms with Gasteiger partial charge in [0.2, 0.25) is 0 Å². The highest BCUT2D eigenvalue weighted by atomic mass is 19.4. The van der Waals surface area contributed by atoms with E-state index in [1.165, 1.54) is 24.3 Å². The molecule has 0 aliphatic heterocycles. The van der Waals surface area contributed by atoms with Crippen molar-refractivity contribution in [3.05, 3.63) is 65.5 Å². The van der Waals surface area contributed by atoms with Crippen molar-refractivity contribution < 1.29 is 31.8 Å². The molecule has 29 heavy (non-hydrogen) atoms. The fourth-order valence-corrected chi connectivity index (χ4v) is 2.70. The van der Waals surface area contributed by atoms with Crippen LogP contribution in [0.1, 0.15) is 30.6 Å². The summed E-state index contributed by atoms with van der Waals surface area (Å²) < 4.78 is 62.2. The maximum Gasteiger partial charge on any atom is 0.416 e. The van der Waals surface area contributed by atoms with E-state index >= 15 is 0 Å². The molecule has 0 N–H and O–H groups in total. The first-order chi connectivity index (χ1) is 13.7. The third-order valence-electron chi connectivity index (χ3n) is 4.18. The first-order valence-electron chi connectivity index (χ1n) is 9.12. The molecule has 0 bridgehead atoms. The van der Waals surface area contributed by atoms with Crippen molar-refractivity contribution >= 4 is 5.97 Å². The van der Waals surface area contributed by atoms with E-state index in [-0.39, 0.29) is 18.3 Å². The summed E-state index contributed by atoms with van der Waals surface area (Å²) in [7, 11) is 1.75. The highest BCUT2D eigenvalue weighted by Crippen LogP contribution is 2.32. The van der Waals surface area contributed by atoms with E-state index in [1.807, 2.05) is 0 Å². The number of hydrogen-bond acceptors (Lipinski definition) is 4. The second-order valence-electron chi connectivity index (χ2n) is 6.51. The highest BCUT2D eigenvalue weighted by molar-refractivity contribution is 5.71. The lowest BCUT2D eigenvalue weighted by Gasteiger charge is -2.23. The predicted molar refractivity (Wildman–Crippen MR) is 100.0 cm³/mol. The van der Waals surface area contributed by atoms with E-state index in [9.17, 15) is 22.4 Å². The first kappa shape index (κ1) is 22.7. The predicted octanol–water partition coefficient (Wildman–Crippen LogP) is 4.85. The minimum absolute atomic E-state index is 0.101. The number of alkyl halides is 3. The Morgan fingerprint density at radius 2 is 1.69 bits per heavy atom. The third-order valence-corrected chi connectivity index (χ3v) is 4.18. The Morgan fingerprint density at radius 1 is 1.07 bits per heavy atom. The van der Waals surface area contributed by atoms with Gasteiger partial charge >= 0.3 is 12.1 Å². The quantitative estimate of drug-likeness (QED) is 0.435. The van der Waals surface area contributed by atoms with Crippen LogP contribution >= 0.6 is 0 Å². The molecule has 0 heterocycles. The summed E-state index contributed by atoms with van der Waals surface area (Å²) in [5.74, 6) is -0.487. The maximum absolute atomic E-state index is 13.3. The number of rotatable bonds is 9. The van der Waals surface area contributed by atoms with E-state index in [4.69, 9.17) is 9.47 Å². The number of carbonyl (C=O) groups excluding carboxylic acids is 1. The van der Waals surface area contributed by atoms with Crippen molar-refractivity contribution in [2.24, 2.45) is 0 Å². The average molecular weight is 413 g/mol. The number of likely N-dealkylation sites (N-methyl/N-ethyl adjacent to an activating group) is 1. The number of ether oxygens (including phenoxy) is 2. The molecule has 1 unspecified atom stereocenters. The van der Waals surface area contributed by atoms with Crippen LogP contribution < -0.4 is 4.74 Å². The third kappa shape index (κ3) is 7.38. The molecule has 0 aliphatic carbocycles. The van der Waals surface area contributed by atoms with Gasteiger partial charge < -0.3 is 9.47 Å². The largest absolute Gasteiger partial charge is 0.486 e. The van der Waals surface area contributed by atoms with Crippen LogP contribution in [0.25, 0.3) is 0 Å². The lowest BCUT2D eigenvalue weighted by atomic mass is 10.1. The number of halogens is 4. The summed E-state index contributed by atoms with van der Waals surface area (Å²) in [6.45, 7) is 2.58. The van der Waals surface area contributed by atoms with Gasteiger partial charge in [0, 0.05) is 13.0 Å². The molecule has 0 radical (unpaired) electrons. The molecular weight excluding hydrogens is 390 g/mol. The maximum atomic E-state index is 13.3. The normalized spacial score (nSPS) is 12.7. The molecule has 1 atom stereocenters. The summed E-state index contributed by atoms with van der Waals surface area (Å²) in [6, 6.07) is 10.1. The zero-order valence-corrected chi connectivity index (χ0v) is 16.2. The number of nitrogens with zero attached hydrogens (tertiary/aromatic N) is 1. The van der Waals surface area contributed by atoms with Gasteiger partial charge in [0.05, 0.1) is 18.7 Å². The monoisotopic (exact) mass is 413 g/mol. The lowest BCUT2D eigenvalue weighted by Crippen LogP contribution is -2.29. The lowest BCUT2D eigenvalue weighted by molar-refractivity contribution is -0.144. The van der Waals surface area contributed by atoms with Gasteiger partial charge in [-0.1, -0.05) is 12.1 Å². The van der Waals surface area contributed by atoms with Crippen molar-refractivity contribution in [3.8, 4) is 5.75 Å². The van der Waals surface area contributed by atoms with Gasteiger partial charge in [-0.05, 0) is 55.9 Å². The standard InChI is InChI=1S/C21H23F4NO3/c1-3-28-20(27)14-26(2)13-12-19(15-4-8-17(22)9-5-15)29-18-10-6-16(7-11-18)21(23,24)25/h4-11,19H,3,12-14H2,1-2H3. The number of benzene rings is 2. The van der Waals surface area contributed by atoms with E-state index in [1.54, 1.807) is 31.0 Å². The van der Waals surface area contributed by atoms with Gasteiger partial charge in [0.1, 0.15) is 17.7 Å². The molecule has 0 saturated heterocycles. The van der Waals surface area contributed by atoms with Gasteiger partial charge in [-0.2, -0.15) is 13.2 Å². The summed E-state index contributed by atoms with van der Waals surface area (Å²) in [5, 5.41) is 0. The molecule has 0 aromatic heterocycles. The minimum Gasteiger partial charge on any atom is -0.486 e. The number of esters is 1. The molecule has 0 aliphatic rings. The fraction of sp³-hybridized carbons (Fsp3) is 0.381. The highest BCUT2D eigenvalue weighted by Gasteiger charge is 2.30. The molecule has 2 aromatic rings. The van der Waals surface area contributed by atoms with Gasteiger partial charge in [-0.15, -0.1) is 0 Å². The Bertz CT molecular complexity index is 776. The summed E-state index contributed by atoms with van der Waals surface area (Å²) >= 11 is 0. The summed E-state index contributed by atoms with van der Waals surface area (Å²) in [6.07, 6.45) is -4.52. The van der Waals surface area contributed by atoms with Crippen molar-refractivity contribution in [1.29, 1.82) is 0 Å². The van der Waals surface area contributed by atoms with Crippen molar-refractivity contribution in [1.82, 2.24) is 4.90 Å². The van der Waals surface area contributed by atoms with Crippen molar-refractivity contribution in [2.75, 3.05) is 26.7 Å². The Balaban J connectivity index is 2.09. The van der Waals surface area contributed by atoms with Gasteiger partial charge in [-0.3, -0.25) is 9.69 Å². The van der Waals surface area contributed by atoms with Crippen LogP contribution in [0.4, 0.5) is 17.6 Å². The molecule has 2 aromatic carbocycles. The topological polar surface area (TPSA) is 38.8 Å². The van der Waals surface area contributed by atoms with Crippen molar-refractivity contribution in [2.45, 2.75) is 25.6 Å². The molecule has 4 nitrogen and oxygen atoms in total.